The van der Waals surface area contributed by atoms with Crippen molar-refractivity contribution in [3.05, 3.63) is 17.5 Å². The van der Waals surface area contributed by atoms with Gasteiger partial charge >= 0.3 is 0 Å². The molecule has 2 heterocycles. The van der Waals surface area contributed by atoms with Crippen LogP contribution in [-0.4, -0.2) is 21.7 Å². The van der Waals surface area contributed by atoms with Crippen LogP contribution in [0.5, 0.6) is 0 Å². The summed E-state index contributed by atoms with van der Waals surface area (Å²) in [6.07, 6.45) is 2.56. The zero-order chi connectivity index (χ0) is 6.97. The normalized spacial score (nSPS) is 16.8. The maximum Gasteiger partial charge on any atom is 0.0718 e. The number of hydrogen-bond donors (Lipinski definition) is 2. The highest BCUT2D eigenvalue weighted by atomic mass is 16.5. The summed E-state index contributed by atoms with van der Waals surface area (Å²) < 4.78 is 0. The molecule has 1 aromatic rings. The molecule has 4 heteroatoms. The fourth-order valence-electron chi connectivity index (χ4n) is 1.22. The molecule has 0 unspecified atom stereocenters. The molecule has 10 heavy (non-hydrogen) atoms. The van der Waals surface area contributed by atoms with Gasteiger partial charge in [0.1, 0.15) is 0 Å². The summed E-state index contributed by atoms with van der Waals surface area (Å²) >= 11 is 0. The van der Waals surface area contributed by atoms with Gasteiger partial charge in [-0.05, 0) is 0 Å². The summed E-state index contributed by atoms with van der Waals surface area (Å²) in [6, 6.07) is 0. The highest BCUT2D eigenvalue weighted by molar-refractivity contribution is 5.18. The number of rotatable bonds is 0. The first-order valence-corrected chi connectivity index (χ1v) is 3.33. The number of hydrogen-bond acceptors (Lipinski definition) is 3. The fraction of sp³-hybridized carbons (Fsp3) is 0.500. The van der Waals surface area contributed by atoms with Crippen LogP contribution in [0, 0.1) is 0 Å². The maximum absolute atomic E-state index is 8.90. The van der Waals surface area contributed by atoms with Crippen LogP contribution in [0.4, 0.5) is 0 Å². The topological polar surface area (TPSA) is 50.1 Å². The minimum absolute atomic E-state index is 0.829. The van der Waals surface area contributed by atoms with E-state index in [9.17, 15) is 0 Å². The van der Waals surface area contributed by atoms with Crippen LogP contribution in [0.3, 0.4) is 0 Å². The van der Waals surface area contributed by atoms with Crippen molar-refractivity contribution in [3.8, 4) is 0 Å². The lowest BCUT2D eigenvalue weighted by Crippen LogP contribution is -2.22. The lowest BCUT2D eigenvalue weighted by Gasteiger charge is -2.09. The minimum Gasteiger partial charge on any atom is -0.412 e. The molecule has 0 atom stereocenters. The van der Waals surface area contributed by atoms with E-state index in [1.54, 1.807) is 6.20 Å². The standard InChI is InChI=1S/C6H9N3O/c10-9-4-5-3-7-2-1-6(5)8-9/h4,7,10H,1-3H2. The largest absolute Gasteiger partial charge is 0.412 e. The number of fused-ring (bicyclic) bond motifs is 1. The SMILES string of the molecule is On1cc2c(n1)CCNC2. The summed E-state index contributed by atoms with van der Waals surface area (Å²) in [5, 5.41) is 16.0. The highest BCUT2D eigenvalue weighted by Gasteiger charge is 2.11. The van der Waals surface area contributed by atoms with E-state index in [1.165, 1.54) is 0 Å². The Balaban J connectivity index is 2.41. The third kappa shape index (κ3) is 0.769. The van der Waals surface area contributed by atoms with E-state index in [1.807, 2.05) is 0 Å². The van der Waals surface area contributed by atoms with Gasteiger partial charge < -0.3 is 10.5 Å². The van der Waals surface area contributed by atoms with Gasteiger partial charge in [0.2, 0.25) is 0 Å². The number of nitrogens with one attached hydrogen (secondary N) is 1. The van der Waals surface area contributed by atoms with Crippen LogP contribution in [0.2, 0.25) is 0 Å². The van der Waals surface area contributed by atoms with Crippen molar-refractivity contribution in [1.82, 2.24) is 15.3 Å². The van der Waals surface area contributed by atoms with Crippen molar-refractivity contribution in [2.75, 3.05) is 6.54 Å². The van der Waals surface area contributed by atoms with E-state index in [0.717, 1.165) is 35.6 Å². The van der Waals surface area contributed by atoms with E-state index in [2.05, 4.69) is 10.4 Å². The summed E-state index contributed by atoms with van der Waals surface area (Å²) in [7, 11) is 0. The molecule has 1 aromatic heterocycles. The molecule has 0 amide bonds. The molecule has 0 aromatic carbocycles. The molecule has 0 spiro atoms. The first-order chi connectivity index (χ1) is 4.86. The average molecular weight is 139 g/mol. The van der Waals surface area contributed by atoms with Gasteiger partial charge in [-0.15, -0.1) is 9.94 Å². The van der Waals surface area contributed by atoms with Gasteiger partial charge in [0, 0.05) is 25.1 Å². The minimum atomic E-state index is 0.829. The van der Waals surface area contributed by atoms with Gasteiger partial charge in [-0.25, -0.2) is 0 Å². The Hall–Kier alpha value is -1.03. The van der Waals surface area contributed by atoms with Gasteiger partial charge in [0.15, 0.2) is 0 Å². The second-order valence-electron chi connectivity index (χ2n) is 2.45. The van der Waals surface area contributed by atoms with Crippen molar-refractivity contribution in [2.45, 2.75) is 13.0 Å². The molecule has 1 aliphatic heterocycles. The lowest BCUT2D eigenvalue weighted by molar-refractivity contribution is 0.147. The third-order valence-corrected chi connectivity index (χ3v) is 1.72. The van der Waals surface area contributed by atoms with Crippen LogP contribution in [0.15, 0.2) is 6.20 Å². The Kier molecular flexibility index (Phi) is 1.14. The predicted molar refractivity (Wildman–Crippen MR) is 34.8 cm³/mol. The van der Waals surface area contributed by atoms with Crippen molar-refractivity contribution >= 4 is 0 Å². The first kappa shape index (κ1) is 5.73. The Morgan fingerprint density at radius 2 is 2.60 bits per heavy atom. The zero-order valence-corrected chi connectivity index (χ0v) is 5.54. The van der Waals surface area contributed by atoms with Crippen molar-refractivity contribution in [1.29, 1.82) is 0 Å². The van der Waals surface area contributed by atoms with Crippen molar-refractivity contribution in [3.63, 3.8) is 0 Å². The van der Waals surface area contributed by atoms with Gasteiger partial charge in [-0.1, -0.05) is 0 Å². The second kappa shape index (κ2) is 1.98. The summed E-state index contributed by atoms with van der Waals surface area (Å²) in [5.74, 6) is 0. The Bertz CT molecular complexity index is 220. The van der Waals surface area contributed by atoms with Crippen LogP contribution in [0.1, 0.15) is 11.3 Å². The molecule has 4 nitrogen and oxygen atoms in total. The Morgan fingerprint density at radius 1 is 1.70 bits per heavy atom. The van der Waals surface area contributed by atoms with Crippen LogP contribution in [-0.2, 0) is 13.0 Å². The van der Waals surface area contributed by atoms with Gasteiger partial charge in [0.25, 0.3) is 0 Å². The molecule has 0 aliphatic carbocycles. The first-order valence-electron chi connectivity index (χ1n) is 3.33. The monoisotopic (exact) mass is 139 g/mol. The molecule has 0 radical (unpaired) electrons. The molecule has 2 N–H and O–H groups in total. The fourth-order valence-corrected chi connectivity index (χ4v) is 1.22. The molecule has 1 aliphatic rings. The molecule has 0 saturated carbocycles. The van der Waals surface area contributed by atoms with E-state index in [4.69, 9.17) is 5.21 Å². The summed E-state index contributed by atoms with van der Waals surface area (Å²) in [5.41, 5.74) is 2.12. The quantitative estimate of drug-likeness (QED) is 0.488. The zero-order valence-electron chi connectivity index (χ0n) is 5.54. The molecule has 54 valence electrons. The second-order valence-corrected chi connectivity index (χ2v) is 2.45. The molecular formula is C6H9N3O. The molecular weight excluding hydrogens is 130 g/mol. The van der Waals surface area contributed by atoms with Crippen LogP contribution >= 0.6 is 0 Å². The van der Waals surface area contributed by atoms with E-state index >= 15 is 0 Å². The molecule has 2 rings (SSSR count). The van der Waals surface area contributed by atoms with Gasteiger partial charge in [-0.3, -0.25) is 0 Å². The Morgan fingerprint density at radius 3 is 3.40 bits per heavy atom. The maximum atomic E-state index is 8.90. The molecule has 0 fully saturated rings. The predicted octanol–water partition coefficient (Wildman–Crippen LogP) is -0.234. The number of nitrogens with zero attached hydrogens (tertiary/aromatic N) is 2. The third-order valence-electron chi connectivity index (χ3n) is 1.72. The highest BCUT2D eigenvalue weighted by Crippen LogP contribution is 2.09. The van der Waals surface area contributed by atoms with E-state index in [-0.39, 0.29) is 0 Å². The van der Waals surface area contributed by atoms with Gasteiger partial charge in [-0.2, -0.15) is 0 Å². The van der Waals surface area contributed by atoms with Crippen molar-refractivity contribution < 1.29 is 5.21 Å². The summed E-state index contributed by atoms with van der Waals surface area (Å²) in [4.78, 5) is 0.887. The average Bonchev–Trinajstić information content (AvgIpc) is 2.27. The van der Waals surface area contributed by atoms with Crippen molar-refractivity contribution in [2.24, 2.45) is 0 Å². The van der Waals surface area contributed by atoms with Crippen LogP contribution < -0.4 is 5.32 Å². The lowest BCUT2D eigenvalue weighted by atomic mass is 10.1. The van der Waals surface area contributed by atoms with Gasteiger partial charge in [0.05, 0.1) is 11.9 Å². The van der Waals surface area contributed by atoms with E-state index in [0.29, 0.717) is 0 Å². The molecule has 0 saturated heterocycles. The smallest absolute Gasteiger partial charge is 0.0718 e. The van der Waals surface area contributed by atoms with E-state index < -0.39 is 0 Å². The Labute approximate surface area is 58.4 Å². The molecule has 0 bridgehead atoms. The van der Waals surface area contributed by atoms with Crippen LogP contribution in [0.25, 0.3) is 0 Å². The number of aromatic nitrogens is 2. The summed E-state index contributed by atoms with van der Waals surface area (Å²) in [6.45, 7) is 1.79.